The zero-order valence-electron chi connectivity index (χ0n) is 14.1. The minimum Gasteiger partial charge on any atom is -0.444 e. The normalized spacial score (nSPS) is 27.5. The Morgan fingerprint density at radius 1 is 1.30 bits per heavy atom. The minimum atomic E-state index is -0.489. The molecule has 0 radical (unpaired) electrons. The number of nitrogens with zero attached hydrogens (tertiary/aromatic N) is 2. The largest absolute Gasteiger partial charge is 0.444 e. The van der Waals surface area contributed by atoms with Gasteiger partial charge in [-0.05, 0) is 32.8 Å². The lowest BCUT2D eigenvalue weighted by Gasteiger charge is -2.40. The molecule has 2 fully saturated rings. The predicted octanol–water partition coefficient (Wildman–Crippen LogP) is 2.24. The highest BCUT2D eigenvalue weighted by Crippen LogP contribution is 2.37. The maximum absolute atomic E-state index is 12.4. The van der Waals surface area contributed by atoms with E-state index >= 15 is 0 Å². The summed E-state index contributed by atoms with van der Waals surface area (Å²) in [6.45, 7) is 7.20. The lowest BCUT2D eigenvalue weighted by molar-refractivity contribution is -0.00831. The van der Waals surface area contributed by atoms with Gasteiger partial charge in [-0.25, -0.2) is 4.79 Å². The summed E-state index contributed by atoms with van der Waals surface area (Å²) < 4.78 is 5.51. The van der Waals surface area contributed by atoms with Crippen molar-refractivity contribution in [3.05, 3.63) is 35.9 Å². The number of amides is 1. The zero-order valence-corrected chi connectivity index (χ0v) is 14.1. The van der Waals surface area contributed by atoms with Gasteiger partial charge in [0.2, 0.25) is 0 Å². The summed E-state index contributed by atoms with van der Waals surface area (Å²) in [5.41, 5.74) is 0.750. The summed E-state index contributed by atoms with van der Waals surface area (Å²) in [7, 11) is 0. The van der Waals surface area contributed by atoms with Crippen molar-refractivity contribution >= 4 is 6.09 Å². The first kappa shape index (κ1) is 16.3. The number of rotatable bonds is 3. The van der Waals surface area contributed by atoms with E-state index in [1.807, 2.05) is 39.0 Å². The van der Waals surface area contributed by atoms with Crippen LogP contribution in [0, 0.1) is 0 Å². The number of piperazine rings is 1. The van der Waals surface area contributed by atoms with E-state index in [0.29, 0.717) is 12.6 Å². The first-order valence-corrected chi connectivity index (χ1v) is 8.29. The summed E-state index contributed by atoms with van der Waals surface area (Å²) >= 11 is 0. The molecular formula is C18H26N2O3. The van der Waals surface area contributed by atoms with Crippen molar-refractivity contribution in [1.82, 2.24) is 9.80 Å². The van der Waals surface area contributed by atoms with E-state index in [1.54, 1.807) is 4.90 Å². The quantitative estimate of drug-likeness (QED) is 0.929. The molecule has 1 aromatic rings. The molecule has 0 spiro atoms. The molecule has 23 heavy (non-hydrogen) atoms. The number of fused-ring (bicyclic) bond motifs is 2. The van der Waals surface area contributed by atoms with Crippen LogP contribution < -0.4 is 0 Å². The lowest BCUT2D eigenvalue weighted by Crippen LogP contribution is -2.56. The first-order chi connectivity index (χ1) is 10.9. The monoisotopic (exact) mass is 318 g/mol. The molecule has 2 heterocycles. The number of carbonyl (C=O) groups is 1. The van der Waals surface area contributed by atoms with Crippen LogP contribution in [0.3, 0.4) is 0 Å². The maximum atomic E-state index is 12.4. The summed E-state index contributed by atoms with van der Waals surface area (Å²) in [6.07, 6.45) is 0.653. The molecule has 1 aromatic carbocycles. The molecule has 1 N–H and O–H groups in total. The number of likely N-dealkylation sites (tertiary alicyclic amines) is 2. The van der Waals surface area contributed by atoms with Gasteiger partial charge in [-0.1, -0.05) is 30.3 Å². The number of aliphatic hydroxyl groups is 1. The van der Waals surface area contributed by atoms with Gasteiger partial charge in [-0.3, -0.25) is 4.90 Å². The molecule has 5 nitrogen and oxygen atoms in total. The van der Waals surface area contributed by atoms with Crippen LogP contribution in [0.4, 0.5) is 4.79 Å². The second-order valence-electron chi connectivity index (χ2n) is 7.50. The number of hydrogen-bond acceptors (Lipinski definition) is 4. The Morgan fingerprint density at radius 2 is 2.00 bits per heavy atom. The van der Waals surface area contributed by atoms with Gasteiger partial charge in [-0.15, -0.1) is 0 Å². The second kappa shape index (κ2) is 6.13. The molecule has 0 aromatic heterocycles. The number of ether oxygens (including phenoxy) is 1. The zero-order chi connectivity index (χ0) is 16.6. The van der Waals surface area contributed by atoms with Gasteiger partial charge < -0.3 is 14.7 Å². The number of aliphatic hydroxyl groups excluding tert-OH is 1. The van der Waals surface area contributed by atoms with E-state index < -0.39 is 5.60 Å². The molecule has 2 aliphatic heterocycles. The average molecular weight is 318 g/mol. The van der Waals surface area contributed by atoms with Crippen LogP contribution in [0.1, 0.15) is 32.8 Å². The Balaban J connectivity index is 1.70. The molecule has 2 aliphatic rings. The topological polar surface area (TPSA) is 53.0 Å². The molecule has 3 atom stereocenters. The van der Waals surface area contributed by atoms with Crippen LogP contribution in [-0.4, -0.2) is 57.9 Å². The van der Waals surface area contributed by atoms with Crippen molar-refractivity contribution in [3.63, 3.8) is 0 Å². The third-order valence-corrected chi connectivity index (χ3v) is 4.68. The Bertz CT molecular complexity index is 555. The van der Waals surface area contributed by atoms with Gasteiger partial charge in [-0.2, -0.15) is 0 Å². The molecule has 5 heteroatoms. The smallest absolute Gasteiger partial charge is 0.410 e. The molecule has 2 bridgehead atoms. The van der Waals surface area contributed by atoms with Crippen molar-refractivity contribution in [2.24, 2.45) is 0 Å². The predicted molar refractivity (Wildman–Crippen MR) is 88.0 cm³/mol. The lowest BCUT2D eigenvalue weighted by atomic mass is 10.1. The van der Waals surface area contributed by atoms with E-state index in [9.17, 15) is 9.90 Å². The van der Waals surface area contributed by atoms with Crippen LogP contribution in [-0.2, 0) is 11.3 Å². The average Bonchev–Trinajstić information content (AvgIpc) is 3.04. The molecule has 3 rings (SSSR count). The van der Waals surface area contributed by atoms with Crippen LogP contribution in [0.2, 0.25) is 0 Å². The maximum Gasteiger partial charge on any atom is 0.410 e. The Morgan fingerprint density at radius 3 is 2.61 bits per heavy atom. The van der Waals surface area contributed by atoms with Gasteiger partial charge in [0.05, 0.1) is 18.7 Å². The molecular weight excluding hydrogens is 292 g/mol. The standard InChI is InChI=1S/C18H26N2O3/c1-18(2,3)23-17(22)20-11-14-9-15(20)16(12-21)19(14)10-13-7-5-4-6-8-13/h4-8,14-16,21H,9-12H2,1-3H3/t14-,15-,16-/m0/s1. The highest BCUT2D eigenvalue weighted by atomic mass is 16.6. The van der Waals surface area contributed by atoms with Crippen LogP contribution in [0.25, 0.3) is 0 Å². The summed E-state index contributed by atoms with van der Waals surface area (Å²) in [5, 5.41) is 9.85. The molecule has 0 aliphatic carbocycles. The van der Waals surface area contributed by atoms with Crippen molar-refractivity contribution in [1.29, 1.82) is 0 Å². The fourth-order valence-electron chi connectivity index (χ4n) is 3.74. The highest BCUT2D eigenvalue weighted by molar-refractivity contribution is 5.69. The Kier molecular flexibility index (Phi) is 4.34. The minimum absolute atomic E-state index is 0.0125. The van der Waals surface area contributed by atoms with Crippen LogP contribution in [0.15, 0.2) is 30.3 Å². The van der Waals surface area contributed by atoms with Crippen molar-refractivity contribution in [2.45, 2.75) is 57.5 Å². The molecule has 1 amide bonds. The van der Waals surface area contributed by atoms with Gasteiger partial charge >= 0.3 is 6.09 Å². The van der Waals surface area contributed by atoms with E-state index in [0.717, 1.165) is 13.0 Å². The second-order valence-corrected chi connectivity index (χ2v) is 7.50. The summed E-state index contributed by atoms with van der Waals surface area (Å²) in [5.74, 6) is 0. The third kappa shape index (κ3) is 3.35. The first-order valence-electron chi connectivity index (χ1n) is 8.29. The van der Waals surface area contributed by atoms with E-state index in [4.69, 9.17) is 4.74 Å². The number of hydrogen-bond donors (Lipinski definition) is 1. The van der Waals surface area contributed by atoms with Gasteiger partial charge in [0, 0.05) is 19.1 Å². The summed E-state index contributed by atoms with van der Waals surface area (Å²) in [6, 6.07) is 10.6. The van der Waals surface area contributed by atoms with Gasteiger partial charge in [0.1, 0.15) is 5.60 Å². The Hall–Kier alpha value is -1.59. The van der Waals surface area contributed by atoms with Crippen molar-refractivity contribution in [2.75, 3.05) is 13.2 Å². The molecule has 0 unspecified atom stereocenters. The molecule has 126 valence electrons. The van der Waals surface area contributed by atoms with Crippen LogP contribution >= 0.6 is 0 Å². The highest BCUT2D eigenvalue weighted by Gasteiger charge is 2.52. The van der Waals surface area contributed by atoms with E-state index in [1.165, 1.54) is 5.56 Å². The van der Waals surface area contributed by atoms with Crippen molar-refractivity contribution in [3.8, 4) is 0 Å². The van der Waals surface area contributed by atoms with Crippen LogP contribution in [0.5, 0.6) is 0 Å². The van der Waals surface area contributed by atoms with E-state index in [2.05, 4.69) is 17.0 Å². The number of benzene rings is 1. The molecule has 2 saturated heterocycles. The fraction of sp³-hybridized carbons (Fsp3) is 0.611. The SMILES string of the molecule is CC(C)(C)OC(=O)N1C[C@@H]2C[C@H]1[C@H](CO)N2Cc1ccccc1. The summed E-state index contributed by atoms with van der Waals surface area (Å²) in [4.78, 5) is 16.5. The third-order valence-electron chi connectivity index (χ3n) is 4.68. The fourth-order valence-corrected chi connectivity index (χ4v) is 3.74. The molecule has 0 saturated carbocycles. The number of carbonyl (C=O) groups excluding carboxylic acids is 1. The van der Waals surface area contributed by atoms with Gasteiger partial charge in [0.15, 0.2) is 0 Å². The van der Waals surface area contributed by atoms with Crippen molar-refractivity contribution < 1.29 is 14.6 Å². The van der Waals surface area contributed by atoms with Gasteiger partial charge in [0.25, 0.3) is 0 Å². The van der Waals surface area contributed by atoms with E-state index in [-0.39, 0.29) is 24.8 Å². The Labute approximate surface area is 137 Å².